The molecule has 4 heterocycles. The zero-order valence-electron chi connectivity index (χ0n) is 42.6. The molecular formula is C54H81N3O11. The number of cyclic esters (lactones) is 1. The normalized spacial score (nSPS) is 36.4. The number of fused-ring (bicyclic) bond motifs is 4. The number of carbonyl (C=O) groups is 4. The van der Waals surface area contributed by atoms with Crippen molar-refractivity contribution >= 4 is 40.0 Å². The molecule has 3 aliphatic heterocycles. The molecule has 2 N–H and O–H groups in total. The fourth-order valence-electron chi connectivity index (χ4n) is 11.7. The number of amides is 1. The minimum Gasteiger partial charge on any atom is -0.456 e. The van der Waals surface area contributed by atoms with Gasteiger partial charge in [-0.25, -0.2) is 4.79 Å². The lowest BCUT2D eigenvalue weighted by molar-refractivity contribution is -0.302. The summed E-state index contributed by atoms with van der Waals surface area (Å²) in [5.74, 6) is -7.37. The van der Waals surface area contributed by atoms with Gasteiger partial charge in [0.1, 0.15) is 24.0 Å². The van der Waals surface area contributed by atoms with Crippen LogP contribution in [0.25, 0.3) is 10.9 Å². The number of hydrogen-bond acceptors (Lipinski definition) is 12. The maximum absolute atomic E-state index is 14.6. The van der Waals surface area contributed by atoms with Gasteiger partial charge in [-0.15, -0.1) is 0 Å². The second-order valence-corrected chi connectivity index (χ2v) is 20.6. The summed E-state index contributed by atoms with van der Waals surface area (Å²) >= 11 is 0. The lowest BCUT2D eigenvalue weighted by Crippen LogP contribution is -2.64. The average Bonchev–Trinajstić information content (AvgIpc) is 3.75. The van der Waals surface area contributed by atoms with Crippen molar-refractivity contribution in [2.75, 3.05) is 39.8 Å². The number of Topliss-reactive ketones (excluding diaryl/α,β-unsaturated/α-hetero) is 2. The molecule has 14 atom stereocenters. The first-order valence-corrected chi connectivity index (χ1v) is 25.3. The van der Waals surface area contributed by atoms with E-state index in [4.69, 9.17) is 23.7 Å². The minimum absolute atomic E-state index is 0.0340. The van der Waals surface area contributed by atoms with E-state index in [1.165, 1.54) is 15.8 Å². The molecule has 1 saturated carbocycles. The molecule has 14 heteroatoms. The van der Waals surface area contributed by atoms with Crippen LogP contribution in [-0.2, 0) is 49.4 Å². The van der Waals surface area contributed by atoms with Crippen LogP contribution in [0.4, 0.5) is 5.69 Å². The zero-order valence-corrected chi connectivity index (χ0v) is 42.6. The molecule has 14 nitrogen and oxygen atoms in total. The molecule has 2 aromatic rings. The number of rotatable bonds is 9. The minimum atomic E-state index is -2.50. The molecule has 1 aromatic heterocycles. The Balaban J connectivity index is 1.31. The van der Waals surface area contributed by atoms with Gasteiger partial charge in [0, 0.05) is 88.4 Å². The number of ketones is 2. The van der Waals surface area contributed by atoms with Gasteiger partial charge >= 0.3 is 5.97 Å². The highest BCUT2D eigenvalue weighted by molar-refractivity contribution is 6.39. The van der Waals surface area contributed by atoms with Crippen molar-refractivity contribution in [2.24, 2.45) is 29.6 Å². The Morgan fingerprint density at radius 2 is 1.63 bits per heavy atom. The first kappa shape index (κ1) is 53.4. The van der Waals surface area contributed by atoms with E-state index >= 15 is 0 Å². The fourth-order valence-corrected chi connectivity index (χ4v) is 11.7. The SMILES string of the molecule is CCC1/C=C(\C)CC(C)CC(OC)C2OC(O)(C(=O)C(=O)N3CCCCC3C(=O)OC(C(C)=CC3CCC(N(C)c4ccc5c(ccn5CC)c4)C(OC)C3)C(C)C(O)CC1=O)C(C)CC2OC. The van der Waals surface area contributed by atoms with E-state index in [1.54, 1.807) is 35.2 Å². The first-order chi connectivity index (χ1) is 32.4. The molecule has 2 bridgehead atoms. The number of ether oxygens (including phenoxy) is 5. The van der Waals surface area contributed by atoms with Crippen LogP contribution in [0.2, 0.25) is 0 Å². The van der Waals surface area contributed by atoms with E-state index in [-0.39, 0.29) is 55.6 Å². The van der Waals surface area contributed by atoms with Crippen molar-refractivity contribution in [1.82, 2.24) is 9.47 Å². The lowest BCUT2D eigenvalue weighted by Gasteiger charge is -2.47. The van der Waals surface area contributed by atoms with E-state index in [0.717, 1.165) is 36.2 Å². The second-order valence-electron chi connectivity index (χ2n) is 20.6. The van der Waals surface area contributed by atoms with Crippen LogP contribution in [0, 0.1) is 29.6 Å². The number of esters is 1. The monoisotopic (exact) mass is 948 g/mol. The van der Waals surface area contributed by atoms with Crippen LogP contribution >= 0.6 is 0 Å². The van der Waals surface area contributed by atoms with Crippen LogP contribution in [0.15, 0.2) is 53.8 Å². The Bertz CT molecular complexity index is 2130. The Morgan fingerprint density at radius 1 is 0.926 bits per heavy atom. The molecule has 0 radical (unpaired) electrons. The number of anilines is 1. The number of benzene rings is 1. The standard InChI is InChI=1S/C54H81N3O11/c1-12-38-25-32(3)24-33(4)26-47(65-10)50-48(66-11)28-35(6)54(63,68-50)51(60)52(61)57-22-15-14-16-43(57)53(62)67-49(36(7)44(58)31-45(38)59)34(5)27-37-17-19-42(46(29-37)64-9)55(8)40-18-20-41-39(30-40)21-23-56(41)13-2/h18,20-21,23,25,27,30,33,35-38,42-44,46-50,58,63H,12-17,19,22,24,26,28-29,31H2,1-11H3/b32-25+,34-27?. The third kappa shape index (κ3) is 11.6. The van der Waals surface area contributed by atoms with Crippen molar-refractivity contribution in [1.29, 1.82) is 0 Å². The van der Waals surface area contributed by atoms with Gasteiger partial charge in [-0.2, -0.15) is 0 Å². The first-order valence-electron chi connectivity index (χ1n) is 25.3. The Labute approximate surface area is 404 Å². The number of piperidine rings is 1. The number of likely N-dealkylation sites (N-methyl/N-ethyl adjacent to an activating group) is 1. The highest BCUT2D eigenvalue weighted by Gasteiger charge is 2.56. The van der Waals surface area contributed by atoms with Crippen LogP contribution in [0.3, 0.4) is 0 Å². The third-order valence-corrected chi connectivity index (χ3v) is 15.9. The quantitative estimate of drug-likeness (QED) is 0.144. The number of aromatic nitrogens is 1. The Morgan fingerprint density at radius 3 is 2.31 bits per heavy atom. The zero-order chi connectivity index (χ0) is 49.6. The van der Waals surface area contributed by atoms with Gasteiger partial charge in [-0.3, -0.25) is 14.4 Å². The Kier molecular flexibility index (Phi) is 18.3. The summed E-state index contributed by atoms with van der Waals surface area (Å²) in [7, 11) is 6.95. The number of allylic oxidation sites excluding steroid dienone is 3. The molecule has 1 aliphatic carbocycles. The van der Waals surface area contributed by atoms with E-state index in [0.29, 0.717) is 38.5 Å². The van der Waals surface area contributed by atoms with Crippen molar-refractivity contribution < 1.29 is 53.1 Å². The van der Waals surface area contributed by atoms with Crippen LogP contribution in [0.5, 0.6) is 0 Å². The van der Waals surface area contributed by atoms with Crippen LogP contribution in [0.1, 0.15) is 119 Å². The van der Waals surface area contributed by atoms with Crippen LogP contribution < -0.4 is 4.90 Å². The van der Waals surface area contributed by atoms with E-state index in [1.807, 2.05) is 26.8 Å². The average molecular weight is 948 g/mol. The van der Waals surface area contributed by atoms with Gasteiger partial charge in [-0.1, -0.05) is 45.4 Å². The van der Waals surface area contributed by atoms with Gasteiger partial charge in [-0.05, 0) is 127 Å². The summed E-state index contributed by atoms with van der Waals surface area (Å²) < 4.78 is 33.0. The molecular weight excluding hydrogens is 867 g/mol. The topological polar surface area (TPSA) is 166 Å². The maximum atomic E-state index is 14.6. The molecule has 14 unspecified atom stereocenters. The molecule has 1 amide bonds. The molecule has 4 aliphatic rings. The number of aryl methyl sites for hydroxylation is 1. The summed E-state index contributed by atoms with van der Waals surface area (Å²) in [6.45, 7) is 14.5. The third-order valence-electron chi connectivity index (χ3n) is 15.9. The van der Waals surface area contributed by atoms with Crippen molar-refractivity contribution in [3.63, 3.8) is 0 Å². The maximum Gasteiger partial charge on any atom is 0.329 e. The molecule has 1 aromatic carbocycles. The molecule has 378 valence electrons. The molecule has 0 spiro atoms. The number of carbonyl (C=O) groups excluding carboxylic acids is 4. The number of nitrogens with zero attached hydrogens (tertiary/aromatic N) is 3. The highest BCUT2D eigenvalue weighted by Crippen LogP contribution is 2.40. The molecule has 6 rings (SSSR count). The summed E-state index contributed by atoms with van der Waals surface area (Å²) in [5, 5.41) is 25.3. The number of methoxy groups -OCH3 is 3. The van der Waals surface area contributed by atoms with E-state index < -0.39 is 77.8 Å². The van der Waals surface area contributed by atoms with Crippen molar-refractivity contribution in [3.8, 4) is 0 Å². The van der Waals surface area contributed by atoms with E-state index in [9.17, 15) is 29.4 Å². The van der Waals surface area contributed by atoms with Gasteiger partial charge in [0.05, 0.1) is 30.5 Å². The van der Waals surface area contributed by atoms with Gasteiger partial charge in [0.2, 0.25) is 5.79 Å². The highest BCUT2D eigenvalue weighted by atomic mass is 16.7. The van der Waals surface area contributed by atoms with Gasteiger partial charge in [0.25, 0.3) is 11.7 Å². The predicted molar refractivity (Wildman–Crippen MR) is 262 cm³/mol. The summed E-state index contributed by atoms with van der Waals surface area (Å²) in [6.07, 6.45) is 7.49. The Hall–Kier alpha value is -3.92. The molecule has 2 saturated heterocycles. The fraction of sp³-hybridized carbons (Fsp3) is 0.704. The number of aliphatic hydroxyl groups excluding tert-OH is 1. The molecule has 3 fully saturated rings. The lowest BCUT2D eigenvalue weighted by atomic mass is 9.80. The summed E-state index contributed by atoms with van der Waals surface area (Å²) in [5.41, 5.74) is 4.05. The summed E-state index contributed by atoms with van der Waals surface area (Å²) in [4.78, 5) is 61.0. The number of hydrogen-bond donors (Lipinski definition) is 2. The summed E-state index contributed by atoms with van der Waals surface area (Å²) in [6, 6.07) is 7.71. The second kappa shape index (κ2) is 23.3. The number of aliphatic hydroxyl groups is 2. The van der Waals surface area contributed by atoms with Gasteiger partial charge < -0.3 is 48.3 Å². The van der Waals surface area contributed by atoms with Crippen LogP contribution in [-0.4, -0.2) is 133 Å². The predicted octanol–water partition coefficient (Wildman–Crippen LogP) is 7.59. The smallest absolute Gasteiger partial charge is 0.329 e. The van der Waals surface area contributed by atoms with Crippen molar-refractivity contribution in [3.05, 3.63) is 53.8 Å². The van der Waals surface area contributed by atoms with E-state index in [2.05, 4.69) is 66.9 Å². The molecule has 68 heavy (non-hydrogen) atoms. The van der Waals surface area contributed by atoms with Crippen molar-refractivity contribution in [2.45, 2.75) is 180 Å². The largest absolute Gasteiger partial charge is 0.456 e. The van der Waals surface area contributed by atoms with Gasteiger partial charge in [0.15, 0.2) is 0 Å².